The number of ether oxygens (including phenoxy) is 3. The molecule has 0 radical (unpaired) electrons. The average molecular weight is 566 g/mol. The molecule has 2 heterocycles. The Bertz CT molecular complexity index is 1040. The van der Waals surface area contributed by atoms with Crippen LogP contribution in [-0.2, 0) is 36.9 Å². The third-order valence-electron chi connectivity index (χ3n) is 5.37. The van der Waals surface area contributed by atoms with Gasteiger partial charge >= 0.3 is 13.3 Å². The maximum Gasteiger partial charge on any atom is 0.355 e. The third kappa shape index (κ3) is 8.25. The number of aromatic nitrogens is 2. The van der Waals surface area contributed by atoms with Crippen molar-refractivity contribution in [2.45, 2.75) is 70.9 Å². The summed E-state index contributed by atoms with van der Waals surface area (Å²) in [6, 6.07) is 3.23. The molecule has 0 spiro atoms. The van der Waals surface area contributed by atoms with Crippen LogP contribution in [0.5, 0.6) is 0 Å². The van der Waals surface area contributed by atoms with Crippen LogP contribution in [0.25, 0.3) is 0 Å². The monoisotopic (exact) mass is 566 g/mol. The standard InChI is InChI=1S/C21H36N4O10P2/c1-14(2)25(15(3)4)36(33-12-8-10-22)35-18-17(29-5)19(24-11-9-16(26)23-21(24)27)34-20(18)32-13-37(28,30-6)31-7/h9,11,14-15,17-20H,8,12-13H2,1-7H3,(H,23,26,27)/t17?,18-,19-,20+,36?/m1/s1. The molecule has 1 aromatic rings. The molecule has 0 aromatic carbocycles. The molecule has 0 saturated carbocycles. The molecule has 210 valence electrons. The Hall–Kier alpha value is -1.49. The number of nitrogens with zero attached hydrogens (tertiary/aromatic N) is 3. The van der Waals surface area contributed by atoms with E-state index in [9.17, 15) is 14.2 Å². The summed E-state index contributed by atoms with van der Waals surface area (Å²) in [5.74, 6) is 0. The molecule has 2 rings (SSSR count). The van der Waals surface area contributed by atoms with E-state index in [-0.39, 0.29) is 25.1 Å². The molecule has 5 atom stereocenters. The van der Waals surface area contributed by atoms with Gasteiger partial charge in [0.2, 0.25) is 0 Å². The fourth-order valence-electron chi connectivity index (χ4n) is 3.70. The minimum atomic E-state index is -3.59. The quantitative estimate of drug-likeness (QED) is 0.244. The number of methoxy groups -OCH3 is 1. The second-order valence-electron chi connectivity index (χ2n) is 8.50. The summed E-state index contributed by atoms with van der Waals surface area (Å²) in [4.78, 5) is 26.3. The molecule has 1 aromatic heterocycles. The summed E-state index contributed by atoms with van der Waals surface area (Å²) < 4.78 is 55.6. The van der Waals surface area contributed by atoms with Gasteiger partial charge < -0.3 is 32.3 Å². The number of nitriles is 1. The molecule has 2 unspecified atom stereocenters. The van der Waals surface area contributed by atoms with Gasteiger partial charge in [0.15, 0.2) is 18.9 Å². The fraction of sp³-hybridized carbons (Fsp3) is 0.762. The second-order valence-corrected chi connectivity index (χ2v) is 12.1. The predicted molar refractivity (Wildman–Crippen MR) is 134 cm³/mol. The van der Waals surface area contributed by atoms with Crippen LogP contribution in [0.1, 0.15) is 40.3 Å². The van der Waals surface area contributed by atoms with Crippen molar-refractivity contribution in [2.24, 2.45) is 0 Å². The van der Waals surface area contributed by atoms with Gasteiger partial charge in [-0.3, -0.25) is 18.9 Å². The number of hydrogen-bond donors (Lipinski definition) is 1. The lowest BCUT2D eigenvalue weighted by molar-refractivity contribution is -0.166. The van der Waals surface area contributed by atoms with Gasteiger partial charge in [-0.1, -0.05) is 0 Å². The molecule has 37 heavy (non-hydrogen) atoms. The average Bonchev–Trinajstić information content (AvgIpc) is 3.18. The number of aromatic amines is 1. The molecule has 0 aliphatic carbocycles. The predicted octanol–water partition coefficient (Wildman–Crippen LogP) is 2.53. The van der Waals surface area contributed by atoms with Gasteiger partial charge in [-0.15, -0.1) is 0 Å². The van der Waals surface area contributed by atoms with E-state index in [1.807, 2.05) is 38.4 Å². The van der Waals surface area contributed by atoms with Crippen LogP contribution >= 0.6 is 16.1 Å². The van der Waals surface area contributed by atoms with Crippen molar-refractivity contribution in [1.82, 2.24) is 14.2 Å². The van der Waals surface area contributed by atoms with E-state index < -0.39 is 58.4 Å². The summed E-state index contributed by atoms with van der Waals surface area (Å²) in [6.07, 6.45) is -3.21. The molecule has 16 heteroatoms. The Balaban J connectivity index is 2.47. The van der Waals surface area contributed by atoms with Crippen LogP contribution in [0, 0.1) is 11.3 Å². The minimum absolute atomic E-state index is 0.00990. The molecular weight excluding hydrogens is 530 g/mol. The minimum Gasteiger partial charge on any atom is -0.374 e. The number of nitrogens with one attached hydrogen (secondary N) is 1. The highest BCUT2D eigenvalue weighted by atomic mass is 31.2. The lowest BCUT2D eigenvalue weighted by Gasteiger charge is -2.38. The number of H-pyrrole nitrogens is 1. The highest BCUT2D eigenvalue weighted by Crippen LogP contribution is 2.52. The van der Waals surface area contributed by atoms with E-state index in [1.54, 1.807) is 0 Å². The highest BCUT2D eigenvalue weighted by molar-refractivity contribution is 7.53. The zero-order valence-corrected chi connectivity index (χ0v) is 23.8. The van der Waals surface area contributed by atoms with E-state index in [0.29, 0.717) is 0 Å². The summed E-state index contributed by atoms with van der Waals surface area (Å²) in [6.45, 7) is 8.05. The first-order chi connectivity index (χ1) is 17.5. The Morgan fingerprint density at radius 1 is 1.19 bits per heavy atom. The molecule has 1 saturated heterocycles. The molecule has 14 nitrogen and oxygen atoms in total. The fourth-order valence-corrected chi connectivity index (χ4v) is 6.12. The largest absolute Gasteiger partial charge is 0.374 e. The number of hydrogen-bond acceptors (Lipinski definition) is 12. The highest BCUT2D eigenvalue weighted by Gasteiger charge is 2.51. The lowest BCUT2D eigenvalue weighted by Crippen LogP contribution is -2.41. The van der Waals surface area contributed by atoms with Gasteiger partial charge in [0.1, 0.15) is 12.2 Å². The van der Waals surface area contributed by atoms with E-state index in [1.165, 1.54) is 33.6 Å². The van der Waals surface area contributed by atoms with Crippen LogP contribution in [-0.4, -0.2) is 79.1 Å². The molecule has 1 fully saturated rings. The van der Waals surface area contributed by atoms with Gasteiger partial charge in [-0.25, -0.2) is 9.46 Å². The van der Waals surface area contributed by atoms with Crippen LogP contribution < -0.4 is 11.2 Å². The summed E-state index contributed by atoms with van der Waals surface area (Å²) in [5, 5.41) is 9.00. The van der Waals surface area contributed by atoms with E-state index in [0.717, 1.165) is 4.57 Å². The first kappa shape index (κ1) is 31.7. The van der Waals surface area contributed by atoms with Gasteiger partial charge in [0.05, 0.1) is 19.1 Å². The van der Waals surface area contributed by atoms with Crippen LogP contribution in [0.15, 0.2) is 21.9 Å². The first-order valence-corrected chi connectivity index (χ1v) is 14.4. The van der Waals surface area contributed by atoms with Crippen molar-refractivity contribution >= 4 is 16.1 Å². The van der Waals surface area contributed by atoms with Gasteiger partial charge in [-0.05, 0) is 27.7 Å². The molecule has 1 N–H and O–H groups in total. The Morgan fingerprint density at radius 3 is 2.35 bits per heavy atom. The molecule has 1 aliphatic rings. The maximum absolute atomic E-state index is 12.6. The van der Waals surface area contributed by atoms with E-state index >= 15 is 0 Å². The lowest BCUT2D eigenvalue weighted by atomic mass is 10.2. The molecule has 0 amide bonds. The molecule has 0 bridgehead atoms. The number of rotatable bonds is 15. The van der Waals surface area contributed by atoms with Gasteiger partial charge in [0, 0.05) is 45.7 Å². The molecular formula is C21H36N4O10P2. The van der Waals surface area contributed by atoms with Crippen LogP contribution in [0.4, 0.5) is 0 Å². The van der Waals surface area contributed by atoms with Crippen molar-refractivity contribution in [2.75, 3.05) is 34.3 Å². The summed E-state index contributed by atoms with van der Waals surface area (Å²) >= 11 is 0. The zero-order chi connectivity index (χ0) is 27.8. The molecule has 1 aliphatic heterocycles. The summed E-state index contributed by atoms with van der Waals surface area (Å²) in [5.41, 5.74) is -1.30. The topological polar surface area (TPSA) is 164 Å². The van der Waals surface area contributed by atoms with Crippen molar-refractivity contribution in [3.8, 4) is 6.07 Å². The van der Waals surface area contributed by atoms with Crippen molar-refractivity contribution in [3.63, 3.8) is 0 Å². The van der Waals surface area contributed by atoms with E-state index in [4.69, 9.17) is 37.6 Å². The Kier molecular flexibility index (Phi) is 12.5. The van der Waals surface area contributed by atoms with Gasteiger partial charge in [-0.2, -0.15) is 5.26 Å². The third-order valence-corrected chi connectivity index (χ3v) is 9.08. The Morgan fingerprint density at radius 2 is 1.84 bits per heavy atom. The van der Waals surface area contributed by atoms with Crippen molar-refractivity contribution in [1.29, 1.82) is 5.26 Å². The van der Waals surface area contributed by atoms with Crippen molar-refractivity contribution in [3.05, 3.63) is 33.1 Å². The zero-order valence-electron chi connectivity index (χ0n) is 22.1. The summed E-state index contributed by atoms with van der Waals surface area (Å²) in [7, 11) is -1.49. The smallest absolute Gasteiger partial charge is 0.355 e. The van der Waals surface area contributed by atoms with Crippen LogP contribution in [0.2, 0.25) is 0 Å². The van der Waals surface area contributed by atoms with Crippen LogP contribution in [0.3, 0.4) is 0 Å². The first-order valence-electron chi connectivity index (χ1n) is 11.6. The van der Waals surface area contributed by atoms with Gasteiger partial charge in [0.25, 0.3) is 14.1 Å². The van der Waals surface area contributed by atoms with Crippen molar-refractivity contribution < 1.29 is 36.9 Å². The Labute approximate surface area is 217 Å². The normalized spacial score (nSPS) is 23.2. The maximum atomic E-state index is 12.6. The SMILES string of the molecule is COC1[C@@H](OP(OCCC#N)N(C(C)C)C(C)C)[C@@H](OCP(=O)(OC)OC)O[C@H]1n1ccc(=O)[nH]c1=O. The second kappa shape index (κ2) is 14.6. The van der Waals surface area contributed by atoms with E-state index in [2.05, 4.69) is 4.98 Å².